The van der Waals surface area contributed by atoms with E-state index in [1.165, 1.54) is 5.56 Å². The zero-order valence-corrected chi connectivity index (χ0v) is 12.1. The van der Waals surface area contributed by atoms with Crippen molar-refractivity contribution in [2.24, 2.45) is 11.7 Å². The van der Waals surface area contributed by atoms with Crippen molar-refractivity contribution in [3.63, 3.8) is 0 Å². The van der Waals surface area contributed by atoms with Crippen LogP contribution >= 0.6 is 0 Å². The monoisotopic (exact) mass is 276 g/mol. The normalized spacial score (nSPS) is 19.8. The molecule has 2 heterocycles. The Kier molecular flexibility index (Phi) is 5.49. The molecule has 0 spiro atoms. The Morgan fingerprint density at radius 3 is 3.20 bits per heavy atom. The average Bonchev–Trinajstić information content (AvgIpc) is 2.47. The Labute approximate surface area is 120 Å². The van der Waals surface area contributed by atoms with E-state index in [-0.39, 0.29) is 11.8 Å². The van der Waals surface area contributed by atoms with E-state index in [4.69, 9.17) is 5.73 Å². The number of aryl methyl sites for hydroxylation is 1. The van der Waals surface area contributed by atoms with Gasteiger partial charge in [0.15, 0.2) is 0 Å². The zero-order valence-electron chi connectivity index (χ0n) is 12.1. The molecule has 0 aliphatic carbocycles. The maximum atomic E-state index is 12.0. The van der Waals surface area contributed by atoms with Crippen molar-refractivity contribution >= 4 is 5.91 Å². The Morgan fingerprint density at radius 1 is 1.60 bits per heavy atom. The standard InChI is InChI=1S/C15H24N4O/c1-12-13(4-2-7-17-12)10-19-9-3-5-14(11-19)15(20)18-8-6-16/h2,4,7,14H,3,5-6,8-11,16H2,1H3,(H,18,20). The highest BCUT2D eigenvalue weighted by molar-refractivity contribution is 5.78. The number of nitrogens with zero attached hydrogens (tertiary/aromatic N) is 2. The van der Waals surface area contributed by atoms with Crippen LogP contribution in [0.5, 0.6) is 0 Å². The van der Waals surface area contributed by atoms with Crippen LogP contribution < -0.4 is 11.1 Å². The first kappa shape index (κ1) is 14.9. The lowest BCUT2D eigenvalue weighted by atomic mass is 9.96. The summed E-state index contributed by atoms with van der Waals surface area (Å²) in [5.41, 5.74) is 7.74. The lowest BCUT2D eigenvalue weighted by Gasteiger charge is -2.32. The van der Waals surface area contributed by atoms with Gasteiger partial charge in [0, 0.05) is 38.1 Å². The van der Waals surface area contributed by atoms with Crippen molar-refractivity contribution in [2.75, 3.05) is 26.2 Å². The second-order valence-electron chi connectivity index (χ2n) is 5.40. The molecule has 1 aromatic heterocycles. The number of carbonyl (C=O) groups is 1. The summed E-state index contributed by atoms with van der Waals surface area (Å²) in [7, 11) is 0. The highest BCUT2D eigenvalue weighted by atomic mass is 16.1. The van der Waals surface area contributed by atoms with Crippen LogP contribution in [0.3, 0.4) is 0 Å². The van der Waals surface area contributed by atoms with E-state index in [0.29, 0.717) is 13.1 Å². The van der Waals surface area contributed by atoms with Crippen LogP contribution in [0.1, 0.15) is 24.1 Å². The molecule has 0 saturated carbocycles. The molecular weight excluding hydrogens is 252 g/mol. The summed E-state index contributed by atoms with van der Waals surface area (Å²) in [6.07, 6.45) is 3.86. The third-order valence-corrected chi connectivity index (χ3v) is 3.83. The van der Waals surface area contributed by atoms with Crippen LogP contribution in [-0.2, 0) is 11.3 Å². The first-order chi connectivity index (χ1) is 9.70. The molecule has 5 nitrogen and oxygen atoms in total. The molecule has 0 bridgehead atoms. The SMILES string of the molecule is Cc1ncccc1CN1CCCC(C(=O)NCCN)C1. The van der Waals surface area contributed by atoms with Crippen molar-refractivity contribution in [3.8, 4) is 0 Å². The van der Waals surface area contributed by atoms with Crippen LogP contribution in [0.25, 0.3) is 0 Å². The van der Waals surface area contributed by atoms with E-state index < -0.39 is 0 Å². The summed E-state index contributed by atoms with van der Waals surface area (Å²) < 4.78 is 0. The van der Waals surface area contributed by atoms with Gasteiger partial charge in [-0.3, -0.25) is 14.7 Å². The van der Waals surface area contributed by atoms with E-state index in [0.717, 1.165) is 38.2 Å². The molecule has 110 valence electrons. The van der Waals surface area contributed by atoms with E-state index >= 15 is 0 Å². The summed E-state index contributed by atoms with van der Waals surface area (Å²) in [5.74, 6) is 0.232. The Morgan fingerprint density at radius 2 is 2.45 bits per heavy atom. The van der Waals surface area contributed by atoms with Crippen LogP contribution in [-0.4, -0.2) is 42.0 Å². The van der Waals surface area contributed by atoms with Gasteiger partial charge in [0.2, 0.25) is 5.91 Å². The minimum absolute atomic E-state index is 0.0901. The van der Waals surface area contributed by atoms with E-state index in [1.807, 2.05) is 19.2 Å². The van der Waals surface area contributed by atoms with Gasteiger partial charge in [-0.2, -0.15) is 0 Å². The van der Waals surface area contributed by atoms with Crippen LogP contribution in [0.2, 0.25) is 0 Å². The number of pyridine rings is 1. The predicted octanol–water partition coefficient (Wildman–Crippen LogP) is 0.677. The van der Waals surface area contributed by atoms with Crippen LogP contribution in [0.4, 0.5) is 0 Å². The van der Waals surface area contributed by atoms with Crippen LogP contribution in [0.15, 0.2) is 18.3 Å². The Bertz CT molecular complexity index is 449. The molecular formula is C15H24N4O. The molecule has 2 rings (SSSR count). The van der Waals surface area contributed by atoms with Crippen molar-refractivity contribution in [3.05, 3.63) is 29.6 Å². The third-order valence-electron chi connectivity index (χ3n) is 3.83. The molecule has 1 aliphatic rings. The highest BCUT2D eigenvalue weighted by Gasteiger charge is 2.25. The van der Waals surface area contributed by atoms with Gasteiger partial charge in [-0.25, -0.2) is 0 Å². The molecule has 5 heteroatoms. The number of carbonyl (C=O) groups excluding carboxylic acids is 1. The smallest absolute Gasteiger partial charge is 0.224 e. The fraction of sp³-hybridized carbons (Fsp3) is 0.600. The van der Waals surface area contributed by atoms with Gasteiger partial charge in [0.25, 0.3) is 0 Å². The molecule has 20 heavy (non-hydrogen) atoms. The van der Waals surface area contributed by atoms with E-state index in [2.05, 4.69) is 21.3 Å². The predicted molar refractivity (Wildman–Crippen MR) is 79.0 cm³/mol. The number of amides is 1. The second kappa shape index (κ2) is 7.36. The number of nitrogens with two attached hydrogens (primary N) is 1. The van der Waals surface area contributed by atoms with Crippen molar-refractivity contribution in [2.45, 2.75) is 26.3 Å². The molecule has 1 aliphatic heterocycles. The molecule has 3 N–H and O–H groups in total. The second-order valence-corrected chi connectivity index (χ2v) is 5.40. The van der Waals surface area contributed by atoms with Gasteiger partial charge >= 0.3 is 0 Å². The van der Waals surface area contributed by atoms with Gasteiger partial charge in [0.1, 0.15) is 0 Å². The molecule has 1 saturated heterocycles. The maximum Gasteiger partial charge on any atom is 0.224 e. The van der Waals surface area contributed by atoms with E-state index in [1.54, 1.807) is 0 Å². The van der Waals surface area contributed by atoms with Gasteiger partial charge < -0.3 is 11.1 Å². The van der Waals surface area contributed by atoms with Gasteiger partial charge in [-0.05, 0) is 37.9 Å². The topological polar surface area (TPSA) is 71.2 Å². The highest BCUT2D eigenvalue weighted by Crippen LogP contribution is 2.19. The molecule has 0 aromatic carbocycles. The van der Waals surface area contributed by atoms with Gasteiger partial charge in [-0.15, -0.1) is 0 Å². The minimum Gasteiger partial charge on any atom is -0.355 e. The number of piperidine rings is 1. The summed E-state index contributed by atoms with van der Waals surface area (Å²) in [5, 5.41) is 2.89. The molecule has 1 amide bonds. The third kappa shape index (κ3) is 4.02. The van der Waals surface area contributed by atoms with Gasteiger partial charge in [-0.1, -0.05) is 6.07 Å². The molecule has 1 unspecified atom stereocenters. The number of likely N-dealkylation sites (tertiary alicyclic amines) is 1. The Hall–Kier alpha value is -1.46. The van der Waals surface area contributed by atoms with Crippen molar-refractivity contribution in [1.29, 1.82) is 0 Å². The molecule has 1 aromatic rings. The molecule has 1 fully saturated rings. The first-order valence-electron chi connectivity index (χ1n) is 7.31. The summed E-state index contributed by atoms with van der Waals surface area (Å²) in [4.78, 5) is 18.7. The molecule has 1 atom stereocenters. The summed E-state index contributed by atoms with van der Waals surface area (Å²) in [6, 6.07) is 4.08. The number of hydrogen-bond acceptors (Lipinski definition) is 4. The fourth-order valence-corrected chi connectivity index (χ4v) is 2.68. The zero-order chi connectivity index (χ0) is 14.4. The van der Waals surface area contributed by atoms with Crippen molar-refractivity contribution < 1.29 is 4.79 Å². The van der Waals surface area contributed by atoms with Crippen molar-refractivity contribution in [1.82, 2.24) is 15.2 Å². The minimum atomic E-state index is 0.0901. The lowest BCUT2D eigenvalue weighted by Crippen LogP contribution is -2.43. The first-order valence-corrected chi connectivity index (χ1v) is 7.31. The fourth-order valence-electron chi connectivity index (χ4n) is 2.68. The van der Waals surface area contributed by atoms with Gasteiger partial charge in [0.05, 0.1) is 5.92 Å². The largest absolute Gasteiger partial charge is 0.355 e. The number of hydrogen-bond donors (Lipinski definition) is 2. The number of rotatable bonds is 5. The number of aromatic nitrogens is 1. The van der Waals surface area contributed by atoms with Crippen LogP contribution in [0, 0.1) is 12.8 Å². The quantitative estimate of drug-likeness (QED) is 0.829. The maximum absolute atomic E-state index is 12.0. The van der Waals surface area contributed by atoms with E-state index in [9.17, 15) is 4.79 Å². The summed E-state index contributed by atoms with van der Waals surface area (Å²) >= 11 is 0. The number of nitrogens with one attached hydrogen (secondary N) is 1. The Balaban J connectivity index is 1.90. The average molecular weight is 276 g/mol. The lowest BCUT2D eigenvalue weighted by molar-refractivity contribution is -0.126. The molecule has 0 radical (unpaired) electrons. The summed E-state index contributed by atoms with van der Waals surface area (Å²) in [6.45, 7) is 5.85.